The van der Waals surface area contributed by atoms with Crippen molar-refractivity contribution in [3.63, 3.8) is 0 Å². The lowest BCUT2D eigenvalue weighted by atomic mass is 9.90. The number of aromatic nitrogens is 1. The maximum absolute atomic E-state index is 13.5. The molecule has 5 rings (SSSR count). The van der Waals surface area contributed by atoms with Crippen LogP contribution in [0.25, 0.3) is 11.3 Å². The molecule has 0 saturated heterocycles. The molecule has 0 atom stereocenters. The van der Waals surface area contributed by atoms with Crippen molar-refractivity contribution >= 4 is 34.0 Å². The molecule has 4 aromatic rings. The summed E-state index contributed by atoms with van der Waals surface area (Å²) in [5.74, 6) is 0.000542. The molecule has 0 bridgehead atoms. The molecule has 7 heteroatoms. The van der Waals surface area contributed by atoms with Gasteiger partial charge >= 0.3 is 0 Å². The van der Waals surface area contributed by atoms with Gasteiger partial charge in [-0.05, 0) is 35.7 Å². The summed E-state index contributed by atoms with van der Waals surface area (Å²) in [5.41, 5.74) is 4.24. The maximum Gasteiger partial charge on any atom is 0.264 e. The molecular weight excluding hydrogens is 458 g/mol. The van der Waals surface area contributed by atoms with E-state index in [0.717, 1.165) is 33.7 Å². The minimum absolute atomic E-state index is 0.0416. The highest BCUT2D eigenvalue weighted by Crippen LogP contribution is 2.38. The lowest BCUT2D eigenvalue weighted by Gasteiger charge is -2.26. The zero-order valence-corrected chi connectivity index (χ0v) is 20.3. The summed E-state index contributed by atoms with van der Waals surface area (Å²) in [5, 5.41) is 3.61. The van der Waals surface area contributed by atoms with E-state index in [1.807, 2.05) is 78.9 Å². The van der Waals surface area contributed by atoms with Crippen molar-refractivity contribution in [1.82, 2.24) is 4.98 Å². The molecule has 1 aliphatic rings. The van der Waals surface area contributed by atoms with Crippen molar-refractivity contribution < 1.29 is 14.3 Å². The van der Waals surface area contributed by atoms with Crippen LogP contribution in [0.15, 0.2) is 78.9 Å². The second-order valence-electron chi connectivity index (χ2n) is 8.31. The van der Waals surface area contributed by atoms with Crippen LogP contribution in [0, 0.1) is 0 Å². The Morgan fingerprint density at radius 3 is 2.34 bits per heavy atom. The summed E-state index contributed by atoms with van der Waals surface area (Å²) in [6, 6.07) is 25.2. The third kappa shape index (κ3) is 4.55. The maximum atomic E-state index is 13.5. The number of hydrogen-bond donors (Lipinski definition) is 1. The molecule has 1 N–H and O–H groups in total. The first-order chi connectivity index (χ1) is 17.0. The second kappa shape index (κ2) is 9.72. The van der Waals surface area contributed by atoms with Crippen LogP contribution in [0.3, 0.4) is 0 Å². The molecule has 0 spiro atoms. The average Bonchev–Trinajstić information content (AvgIpc) is 3.30. The summed E-state index contributed by atoms with van der Waals surface area (Å²) in [4.78, 5) is 33.1. The molecule has 0 aliphatic carbocycles. The molecule has 2 heterocycles. The van der Waals surface area contributed by atoms with E-state index in [1.54, 1.807) is 11.9 Å². The zero-order chi connectivity index (χ0) is 24.4. The number of ether oxygens (including phenoxy) is 1. The van der Waals surface area contributed by atoms with E-state index in [-0.39, 0.29) is 18.4 Å². The van der Waals surface area contributed by atoms with Gasteiger partial charge in [0.05, 0.1) is 17.3 Å². The standard InChI is InChI=1S/C28H25N3O3S/c1-3-23-26(20-14-15-22-21(16-20)31(2)24(32)17-34-22)29-28(35-23)30-27(33)25(18-10-6-4-7-11-18)19-12-8-5-9-13-19/h4-16,25H,3,17H2,1-2H3,(H,29,30,33). The van der Waals surface area contributed by atoms with Gasteiger partial charge in [0.15, 0.2) is 11.7 Å². The van der Waals surface area contributed by atoms with Gasteiger partial charge in [0.1, 0.15) is 5.75 Å². The van der Waals surface area contributed by atoms with Crippen LogP contribution in [-0.4, -0.2) is 30.5 Å². The molecule has 0 unspecified atom stereocenters. The largest absolute Gasteiger partial charge is 0.482 e. The Morgan fingerprint density at radius 1 is 1.06 bits per heavy atom. The van der Waals surface area contributed by atoms with E-state index in [0.29, 0.717) is 16.6 Å². The van der Waals surface area contributed by atoms with Crippen LogP contribution in [0.5, 0.6) is 5.75 Å². The monoisotopic (exact) mass is 483 g/mol. The van der Waals surface area contributed by atoms with Crippen LogP contribution < -0.4 is 15.0 Å². The third-order valence-corrected chi connectivity index (χ3v) is 7.21. The zero-order valence-electron chi connectivity index (χ0n) is 19.5. The van der Waals surface area contributed by atoms with E-state index in [2.05, 4.69) is 12.2 Å². The number of carbonyl (C=O) groups excluding carboxylic acids is 2. The van der Waals surface area contributed by atoms with Crippen LogP contribution in [0.4, 0.5) is 10.8 Å². The van der Waals surface area contributed by atoms with Crippen LogP contribution in [0.1, 0.15) is 28.8 Å². The highest BCUT2D eigenvalue weighted by Gasteiger charge is 2.26. The quantitative estimate of drug-likeness (QED) is 0.393. The Bertz CT molecular complexity index is 1330. The van der Waals surface area contributed by atoms with Crippen LogP contribution >= 0.6 is 11.3 Å². The Morgan fingerprint density at radius 2 is 1.71 bits per heavy atom. The van der Waals surface area contributed by atoms with E-state index in [9.17, 15) is 9.59 Å². The van der Waals surface area contributed by atoms with Crippen molar-refractivity contribution in [3.05, 3.63) is 94.9 Å². The molecule has 1 aliphatic heterocycles. The van der Waals surface area contributed by atoms with Gasteiger partial charge in [-0.15, -0.1) is 11.3 Å². The first-order valence-corrected chi connectivity index (χ1v) is 12.3. The normalized spacial score (nSPS) is 12.9. The molecule has 2 amide bonds. The minimum Gasteiger partial charge on any atom is -0.482 e. The number of aryl methyl sites for hydroxylation is 1. The Balaban J connectivity index is 1.47. The van der Waals surface area contributed by atoms with Gasteiger partial charge in [-0.25, -0.2) is 4.98 Å². The van der Waals surface area contributed by atoms with Gasteiger partial charge in [-0.3, -0.25) is 9.59 Å². The van der Waals surface area contributed by atoms with E-state index in [4.69, 9.17) is 9.72 Å². The third-order valence-electron chi connectivity index (χ3n) is 6.10. The number of anilines is 2. The van der Waals surface area contributed by atoms with Crippen LogP contribution in [0.2, 0.25) is 0 Å². The molecule has 0 radical (unpaired) electrons. The molecule has 3 aromatic carbocycles. The summed E-state index contributed by atoms with van der Waals surface area (Å²) in [6.45, 7) is 2.11. The van der Waals surface area contributed by atoms with Gasteiger partial charge in [0.2, 0.25) is 5.91 Å². The Labute approximate surface area is 208 Å². The SMILES string of the molecule is CCc1sc(NC(=O)C(c2ccccc2)c2ccccc2)nc1-c1ccc2c(c1)N(C)C(=O)CO2. The number of likely N-dealkylation sites (N-methyl/N-ethyl adjacent to an activating group) is 1. The number of fused-ring (bicyclic) bond motifs is 1. The first-order valence-electron chi connectivity index (χ1n) is 11.5. The molecule has 0 fully saturated rings. The molecule has 176 valence electrons. The number of nitrogens with zero attached hydrogens (tertiary/aromatic N) is 2. The predicted octanol–water partition coefficient (Wildman–Crippen LogP) is 5.50. The fourth-order valence-corrected chi connectivity index (χ4v) is 5.18. The fraction of sp³-hybridized carbons (Fsp3) is 0.179. The van der Waals surface area contributed by atoms with Crippen molar-refractivity contribution in [2.45, 2.75) is 19.3 Å². The van der Waals surface area contributed by atoms with E-state index < -0.39 is 5.92 Å². The first kappa shape index (κ1) is 22.8. The number of amides is 2. The minimum atomic E-state index is -0.449. The predicted molar refractivity (Wildman–Crippen MR) is 139 cm³/mol. The van der Waals surface area contributed by atoms with Gasteiger partial charge in [0, 0.05) is 17.5 Å². The number of carbonyl (C=O) groups is 2. The van der Waals surface area contributed by atoms with Gasteiger partial charge in [-0.1, -0.05) is 67.6 Å². The Kier molecular flexibility index (Phi) is 6.33. The number of thiazole rings is 1. The summed E-state index contributed by atoms with van der Waals surface area (Å²) < 4.78 is 5.56. The van der Waals surface area contributed by atoms with E-state index in [1.165, 1.54) is 11.3 Å². The molecule has 35 heavy (non-hydrogen) atoms. The second-order valence-corrected chi connectivity index (χ2v) is 9.40. The topological polar surface area (TPSA) is 71.5 Å². The fourth-order valence-electron chi connectivity index (χ4n) is 4.25. The summed E-state index contributed by atoms with van der Waals surface area (Å²) >= 11 is 1.47. The van der Waals surface area contributed by atoms with Gasteiger partial charge in [-0.2, -0.15) is 0 Å². The summed E-state index contributed by atoms with van der Waals surface area (Å²) in [7, 11) is 1.74. The smallest absolute Gasteiger partial charge is 0.264 e. The van der Waals surface area contributed by atoms with E-state index >= 15 is 0 Å². The highest BCUT2D eigenvalue weighted by molar-refractivity contribution is 7.16. The lowest BCUT2D eigenvalue weighted by Crippen LogP contribution is -2.35. The molecule has 1 aromatic heterocycles. The van der Waals surface area contributed by atoms with Gasteiger partial charge < -0.3 is 15.0 Å². The number of benzene rings is 3. The highest BCUT2D eigenvalue weighted by atomic mass is 32.1. The van der Waals surface area contributed by atoms with Crippen molar-refractivity contribution in [2.75, 3.05) is 23.9 Å². The van der Waals surface area contributed by atoms with Crippen molar-refractivity contribution in [1.29, 1.82) is 0 Å². The summed E-state index contributed by atoms with van der Waals surface area (Å²) in [6.07, 6.45) is 0.770. The van der Waals surface area contributed by atoms with Gasteiger partial charge in [0.25, 0.3) is 5.91 Å². The average molecular weight is 484 g/mol. The number of nitrogens with one attached hydrogen (secondary N) is 1. The molecule has 0 saturated carbocycles. The lowest BCUT2D eigenvalue weighted by molar-refractivity contribution is -0.121. The van der Waals surface area contributed by atoms with Crippen molar-refractivity contribution in [3.8, 4) is 17.0 Å². The van der Waals surface area contributed by atoms with Crippen LogP contribution in [-0.2, 0) is 16.0 Å². The molecule has 6 nitrogen and oxygen atoms in total. The van der Waals surface area contributed by atoms with Crippen molar-refractivity contribution in [2.24, 2.45) is 0 Å². The number of rotatable bonds is 6. The number of hydrogen-bond acceptors (Lipinski definition) is 5. The molecular formula is C28H25N3O3S. The Hall–Kier alpha value is -3.97.